The predicted octanol–water partition coefficient (Wildman–Crippen LogP) is 1.79. The first-order valence-electron chi connectivity index (χ1n) is 10.3. The van der Waals surface area contributed by atoms with Crippen molar-refractivity contribution in [2.45, 2.75) is 37.4 Å². The Morgan fingerprint density at radius 2 is 1.76 bits per heavy atom. The second-order valence-electron chi connectivity index (χ2n) is 7.91. The largest absolute Gasteiger partial charge is 0.416 e. The van der Waals surface area contributed by atoms with E-state index in [1.165, 1.54) is 12.1 Å². The summed E-state index contributed by atoms with van der Waals surface area (Å²) in [5.74, 6) is -2.14. The number of likely N-dealkylation sites (tertiary alicyclic amines) is 1. The highest BCUT2D eigenvalue weighted by Gasteiger charge is 2.37. The van der Waals surface area contributed by atoms with Crippen LogP contribution in [0, 0.1) is 0 Å². The Hall–Kier alpha value is -3.47. The summed E-state index contributed by atoms with van der Waals surface area (Å²) >= 11 is 0. The van der Waals surface area contributed by atoms with Crippen molar-refractivity contribution < 1.29 is 22.8 Å². The molecule has 11 heteroatoms. The van der Waals surface area contributed by atoms with Crippen molar-refractivity contribution in [3.8, 4) is 0 Å². The Bertz CT molecular complexity index is 1030. The molecular formula is C22H25F3N6O2. The highest BCUT2D eigenvalue weighted by Crippen LogP contribution is 2.39. The third-order valence-corrected chi connectivity index (χ3v) is 5.60. The fraction of sp³-hybridized carbons (Fsp3) is 0.364. The van der Waals surface area contributed by atoms with E-state index in [2.05, 4.69) is 9.98 Å². The number of pyridine rings is 1. The maximum atomic E-state index is 13.7. The Morgan fingerprint density at radius 1 is 1.12 bits per heavy atom. The number of benzene rings is 1. The van der Waals surface area contributed by atoms with Crippen LogP contribution in [0.4, 0.5) is 13.2 Å². The molecular weight excluding hydrogens is 437 g/mol. The van der Waals surface area contributed by atoms with Gasteiger partial charge in [-0.25, -0.2) is 0 Å². The van der Waals surface area contributed by atoms with Crippen LogP contribution in [0.3, 0.4) is 0 Å². The van der Waals surface area contributed by atoms with E-state index >= 15 is 0 Å². The number of nitrogens with two attached hydrogens (primary N) is 3. The minimum absolute atomic E-state index is 0.0805. The molecule has 0 spiro atoms. The van der Waals surface area contributed by atoms with Crippen molar-refractivity contribution in [1.29, 1.82) is 0 Å². The fourth-order valence-electron chi connectivity index (χ4n) is 3.98. The van der Waals surface area contributed by atoms with E-state index in [0.717, 1.165) is 11.6 Å². The van der Waals surface area contributed by atoms with Gasteiger partial charge in [0.05, 0.1) is 11.6 Å². The Morgan fingerprint density at radius 3 is 2.33 bits per heavy atom. The summed E-state index contributed by atoms with van der Waals surface area (Å²) < 4.78 is 41.2. The minimum atomic E-state index is -4.66. The van der Waals surface area contributed by atoms with E-state index in [1.54, 1.807) is 29.4 Å². The average molecular weight is 462 g/mol. The van der Waals surface area contributed by atoms with Gasteiger partial charge in [0.15, 0.2) is 5.96 Å². The van der Waals surface area contributed by atoms with Crippen LogP contribution in [0.15, 0.2) is 47.7 Å². The molecule has 1 atom stereocenters. The second kappa shape index (κ2) is 9.99. The number of halogens is 3. The first kappa shape index (κ1) is 24.2. The molecule has 6 N–H and O–H groups in total. The molecule has 1 fully saturated rings. The molecule has 176 valence electrons. The molecule has 0 aliphatic carbocycles. The summed E-state index contributed by atoms with van der Waals surface area (Å²) in [4.78, 5) is 33.5. The molecule has 1 aromatic heterocycles. The third kappa shape index (κ3) is 6.07. The topological polar surface area (TPSA) is 141 Å². The van der Waals surface area contributed by atoms with Crippen LogP contribution >= 0.6 is 0 Å². The summed E-state index contributed by atoms with van der Waals surface area (Å²) in [6.45, 7) is 0.582. The van der Waals surface area contributed by atoms with Crippen molar-refractivity contribution in [2.75, 3.05) is 13.1 Å². The minimum Gasteiger partial charge on any atom is -0.370 e. The average Bonchev–Trinajstić information content (AvgIpc) is 2.78. The number of guanidine groups is 1. The van der Waals surface area contributed by atoms with Crippen LogP contribution in [0.25, 0.3) is 0 Å². The zero-order valence-electron chi connectivity index (χ0n) is 17.8. The van der Waals surface area contributed by atoms with E-state index in [-0.39, 0.29) is 17.0 Å². The van der Waals surface area contributed by atoms with Gasteiger partial charge in [0.25, 0.3) is 5.91 Å². The number of amides is 2. The van der Waals surface area contributed by atoms with Gasteiger partial charge in [0, 0.05) is 31.0 Å². The van der Waals surface area contributed by atoms with Crippen LogP contribution in [0.1, 0.15) is 45.8 Å². The molecule has 0 bridgehead atoms. The fourth-order valence-corrected chi connectivity index (χ4v) is 3.98. The number of hydrogen-bond donors (Lipinski definition) is 3. The highest BCUT2D eigenvalue weighted by atomic mass is 19.4. The number of rotatable bonds is 5. The molecule has 0 radical (unpaired) electrons. The predicted molar refractivity (Wildman–Crippen MR) is 116 cm³/mol. The molecule has 33 heavy (non-hydrogen) atoms. The molecule has 1 aliphatic rings. The number of nitrogens with zero attached hydrogens (tertiary/aromatic N) is 3. The normalized spacial score (nSPS) is 15.7. The summed E-state index contributed by atoms with van der Waals surface area (Å²) in [7, 11) is 0. The number of aliphatic imine (C=N–C) groups is 1. The molecule has 1 saturated heterocycles. The SMILES string of the molecule is NC(N)=NC(=O)c1ccc(C2CCN(C(=O)C(N)Cc3ccncc3)CC2)c(C(F)(F)F)c1. The van der Waals surface area contributed by atoms with E-state index in [0.29, 0.717) is 32.4 Å². The van der Waals surface area contributed by atoms with Crippen LogP contribution in [-0.2, 0) is 17.4 Å². The van der Waals surface area contributed by atoms with Gasteiger partial charge in [-0.15, -0.1) is 0 Å². The van der Waals surface area contributed by atoms with Gasteiger partial charge in [-0.2, -0.15) is 18.2 Å². The lowest BCUT2D eigenvalue weighted by Gasteiger charge is -2.34. The maximum absolute atomic E-state index is 13.7. The molecule has 2 amide bonds. The lowest BCUT2D eigenvalue weighted by Crippen LogP contribution is -2.47. The molecule has 3 rings (SSSR count). The molecule has 0 saturated carbocycles. The lowest BCUT2D eigenvalue weighted by molar-refractivity contribution is -0.139. The van der Waals surface area contributed by atoms with Gasteiger partial charge in [-0.1, -0.05) is 6.07 Å². The monoisotopic (exact) mass is 462 g/mol. The van der Waals surface area contributed by atoms with Crippen molar-refractivity contribution in [3.05, 3.63) is 65.0 Å². The van der Waals surface area contributed by atoms with E-state index in [9.17, 15) is 22.8 Å². The summed E-state index contributed by atoms with van der Waals surface area (Å²) in [5.41, 5.74) is 16.2. The highest BCUT2D eigenvalue weighted by molar-refractivity contribution is 6.02. The number of carbonyl (C=O) groups is 2. The summed E-state index contributed by atoms with van der Waals surface area (Å²) in [6, 6.07) is 6.15. The van der Waals surface area contributed by atoms with E-state index in [1.807, 2.05) is 0 Å². The van der Waals surface area contributed by atoms with Crippen LogP contribution in [0.2, 0.25) is 0 Å². The van der Waals surface area contributed by atoms with Gasteiger partial charge in [0.1, 0.15) is 0 Å². The van der Waals surface area contributed by atoms with Crippen LogP contribution in [0.5, 0.6) is 0 Å². The Balaban J connectivity index is 1.71. The zero-order valence-corrected chi connectivity index (χ0v) is 17.8. The molecule has 8 nitrogen and oxygen atoms in total. The number of piperidine rings is 1. The molecule has 1 aromatic carbocycles. The molecule has 2 aromatic rings. The van der Waals surface area contributed by atoms with E-state index < -0.39 is 35.6 Å². The van der Waals surface area contributed by atoms with Gasteiger partial charge in [-0.05, 0) is 60.6 Å². The number of hydrogen-bond acceptors (Lipinski definition) is 4. The van der Waals surface area contributed by atoms with Gasteiger partial charge < -0.3 is 22.1 Å². The Kier molecular flexibility index (Phi) is 7.32. The molecule has 2 heterocycles. The van der Waals surface area contributed by atoms with E-state index in [4.69, 9.17) is 17.2 Å². The number of carbonyl (C=O) groups excluding carboxylic acids is 2. The Labute approximate surface area is 188 Å². The van der Waals surface area contributed by atoms with Gasteiger partial charge in [-0.3, -0.25) is 14.6 Å². The van der Waals surface area contributed by atoms with Crippen molar-refractivity contribution in [2.24, 2.45) is 22.2 Å². The van der Waals surface area contributed by atoms with Crippen LogP contribution in [-0.4, -0.2) is 46.8 Å². The van der Waals surface area contributed by atoms with Crippen molar-refractivity contribution in [3.63, 3.8) is 0 Å². The van der Waals surface area contributed by atoms with Gasteiger partial charge in [0.2, 0.25) is 5.91 Å². The van der Waals surface area contributed by atoms with Crippen LogP contribution < -0.4 is 17.2 Å². The zero-order chi connectivity index (χ0) is 24.2. The van der Waals surface area contributed by atoms with Gasteiger partial charge >= 0.3 is 6.18 Å². The third-order valence-electron chi connectivity index (χ3n) is 5.60. The summed E-state index contributed by atoms with van der Waals surface area (Å²) in [5, 5.41) is 0. The van der Waals surface area contributed by atoms with Crippen molar-refractivity contribution in [1.82, 2.24) is 9.88 Å². The second-order valence-corrected chi connectivity index (χ2v) is 7.91. The van der Waals surface area contributed by atoms with Crippen molar-refractivity contribution >= 4 is 17.8 Å². The lowest BCUT2D eigenvalue weighted by atomic mass is 9.85. The first-order chi connectivity index (χ1) is 15.6. The number of aromatic nitrogens is 1. The summed E-state index contributed by atoms with van der Waals surface area (Å²) in [6.07, 6.45) is -0.386. The molecule has 1 aliphatic heterocycles. The standard InChI is InChI=1S/C22H25F3N6O2/c23-22(24,25)17-12-15(19(32)30-21(27)28)1-2-16(17)14-5-9-31(10-6-14)20(33)18(26)11-13-3-7-29-8-4-13/h1-4,7-8,12,14,18H,5-6,9-11,26H2,(H4,27,28,30,32). The number of alkyl halides is 3. The smallest absolute Gasteiger partial charge is 0.370 e. The quantitative estimate of drug-likeness (QED) is 0.457. The maximum Gasteiger partial charge on any atom is 0.416 e. The first-order valence-corrected chi connectivity index (χ1v) is 10.3. The molecule has 1 unspecified atom stereocenters.